The monoisotopic (exact) mass is 311 g/mol. The third kappa shape index (κ3) is 3.10. The third-order valence-electron chi connectivity index (χ3n) is 3.98. The first-order valence-electron chi connectivity index (χ1n) is 7.98. The van der Waals surface area contributed by atoms with E-state index in [1.54, 1.807) is 0 Å². The largest absolute Gasteiger partial charge is 0.348 e. The predicted octanol–water partition coefficient (Wildman–Crippen LogP) is 4.73. The van der Waals surface area contributed by atoms with Crippen molar-refractivity contribution in [2.45, 2.75) is 6.42 Å². The second kappa shape index (κ2) is 6.50. The Morgan fingerprint density at radius 3 is 2.08 bits per heavy atom. The van der Waals surface area contributed by atoms with Crippen LogP contribution in [-0.4, -0.2) is 15.0 Å². The van der Waals surface area contributed by atoms with Crippen molar-refractivity contribution in [1.29, 1.82) is 0 Å². The molecule has 0 aliphatic carbocycles. The van der Waals surface area contributed by atoms with Crippen molar-refractivity contribution in [2.75, 3.05) is 0 Å². The summed E-state index contributed by atoms with van der Waals surface area (Å²) in [7, 11) is 0. The number of hydrogen-bond acceptors (Lipinski definition) is 2. The molecule has 0 radical (unpaired) electrons. The summed E-state index contributed by atoms with van der Waals surface area (Å²) in [6.45, 7) is 0. The molecular formula is C21H17N3. The number of rotatable bonds is 4. The highest BCUT2D eigenvalue weighted by Gasteiger charge is 2.06. The number of H-pyrrole nitrogens is 1. The fourth-order valence-electron chi connectivity index (χ4n) is 2.71. The minimum Gasteiger partial charge on any atom is -0.348 e. The molecule has 4 aromatic rings. The first-order chi connectivity index (χ1) is 11.9. The molecule has 2 aromatic heterocycles. The van der Waals surface area contributed by atoms with E-state index in [9.17, 15) is 0 Å². The zero-order valence-corrected chi connectivity index (χ0v) is 13.2. The Balaban J connectivity index is 1.51. The Hall–Kier alpha value is -3.20. The molecule has 3 heteroatoms. The first kappa shape index (κ1) is 14.4. The van der Waals surface area contributed by atoms with Gasteiger partial charge >= 0.3 is 0 Å². The number of hydrogen-bond donors (Lipinski definition) is 1. The van der Waals surface area contributed by atoms with E-state index >= 15 is 0 Å². The van der Waals surface area contributed by atoms with Crippen LogP contribution in [0.25, 0.3) is 22.4 Å². The molecule has 0 atom stereocenters. The maximum atomic E-state index is 4.66. The van der Waals surface area contributed by atoms with Gasteiger partial charge in [-0.3, -0.25) is 4.98 Å². The minimum absolute atomic E-state index is 0.696. The van der Waals surface area contributed by atoms with Gasteiger partial charge in [-0.05, 0) is 11.6 Å². The van der Waals surface area contributed by atoms with Gasteiger partial charge in [-0.25, -0.2) is 4.98 Å². The van der Waals surface area contributed by atoms with Gasteiger partial charge in [0.15, 0.2) is 0 Å². The second-order valence-electron chi connectivity index (χ2n) is 5.68. The van der Waals surface area contributed by atoms with Crippen molar-refractivity contribution < 1.29 is 0 Å². The van der Waals surface area contributed by atoms with E-state index < -0.39 is 0 Å². The summed E-state index contributed by atoms with van der Waals surface area (Å²) in [6.07, 6.45) is 4.57. The van der Waals surface area contributed by atoms with E-state index in [-0.39, 0.29) is 0 Å². The molecule has 0 aliphatic heterocycles. The maximum Gasteiger partial charge on any atom is 0.112 e. The number of nitrogens with zero attached hydrogens (tertiary/aromatic N) is 2. The first-order valence-corrected chi connectivity index (χ1v) is 7.98. The van der Waals surface area contributed by atoms with Gasteiger partial charge < -0.3 is 4.98 Å². The van der Waals surface area contributed by atoms with E-state index in [2.05, 4.69) is 51.4 Å². The summed E-state index contributed by atoms with van der Waals surface area (Å²) in [5.41, 5.74) is 5.40. The standard InChI is InChI=1S/C21H17N3/c1-3-7-16(8-4-1)18-11-12-19(22-14-18)13-21-23-15-20(24-21)17-9-5-2-6-10-17/h1-12,14-15H,13H2,(H,23,24). The molecule has 0 saturated heterocycles. The van der Waals surface area contributed by atoms with E-state index in [4.69, 9.17) is 0 Å². The highest BCUT2D eigenvalue weighted by Crippen LogP contribution is 2.19. The number of nitrogens with one attached hydrogen (secondary N) is 1. The molecule has 0 aliphatic rings. The van der Waals surface area contributed by atoms with Crippen LogP contribution in [0.3, 0.4) is 0 Å². The van der Waals surface area contributed by atoms with Gasteiger partial charge in [0.1, 0.15) is 5.82 Å². The summed E-state index contributed by atoms with van der Waals surface area (Å²) in [4.78, 5) is 12.5. The molecule has 0 spiro atoms. The van der Waals surface area contributed by atoms with E-state index in [0.717, 1.165) is 28.3 Å². The number of imidazole rings is 1. The van der Waals surface area contributed by atoms with Crippen LogP contribution in [0.4, 0.5) is 0 Å². The predicted molar refractivity (Wildman–Crippen MR) is 96.5 cm³/mol. The van der Waals surface area contributed by atoms with E-state index in [1.165, 1.54) is 5.56 Å². The lowest BCUT2D eigenvalue weighted by Crippen LogP contribution is -1.94. The summed E-state index contributed by atoms with van der Waals surface area (Å²) >= 11 is 0. The zero-order chi connectivity index (χ0) is 16.2. The van der Waals surface area contributed by atoms with Gasteiger partial charge in [-0.2, -0.15) is 0 Å². The topological polar surface area (TPSA) is 41.6 Å². The second-order valence-corrected chi connectivity index (χ2v) is 5.68. The molecule has 0 unspecified atom stereocenters. The van der Waals surface area contributed by atoms with Crippen LogP contribution < -0.4 is 0 Å². The fraction of sp³-hybridized carbons (Fsp3) is 0.0476. The smallest absolute Gasteiger partial charge is 0.112 e. The van der Waals surface area contributed by atoms with Gasteiger partial charge in [-0.15, -0.1) is 0 Å². The van der Waals surface area contributed by atoms with Crippen molar-refractivity contribution in [3.8, 4) is 22.4 Å². The van der Waals surface area contributed by atoms with Crippen molar-refractivity contribution in [2.24, 2.45) is 0 Å². The lowest BCUT2D eigenvalue weighted by atomic mass is 10.1. The Bertz CT molecular complexity index is 910. The SMILES string of the molecule is c1ccc(-c2ccc(Cc3nc(-c4ccccc4)c[nH]3)nc2)cc1. The van der Waals surface area contributed by atoms with Gasteiger partial charge in [-0.1, -0.05) is 66.7 Å². The van der Waals surface area contributed by atoms with Crippen LogP contribution in [-0.2, 0) is 6.42 Å². The third-order valence-corrected chi connectivity index (χ3v) is 3.98. The molecule has 4 rings (SSSR count). The molecule has 0 fully saturated rings. The quantitative estimate of drug-likeness (QED) is 0.592. The number of benzene rings is 2. The average Bonchev–Trinajstić information content (AvgIpc) is 3.12. The lowest BCUT2D eigenvalue weighted by Gasteiger charge is -2.02. The van der Waals surface area contributed by atoms with Crippen LogP contribution in [0.2, 0.25) is 0 Å². The molecule has 2 aromatic carbocycles. The highest BCUT2D eigenvalue weighted by molar-refractivity contribution is 5.62. The molecule has 116 valence electrons. The fourth-order valence-corrected chi connectivity index (χ4v) is 2.71. The van der Waals surface area contributed by atoms with Gasteiger partial charge in [0, 0.05) is 35.6 Å². The zero-order valence-electron chi connectivity index (χ0n) is 13.2. The van der Waals surface area contributed by atoms with Crippen LogP contribution in [0.5, 0.6) is 0 Å². The average molecular weight is 311 g/mol. The Morgan fingerprint density at radius 1 is 0.708 bits per heavy atom. The maximum absolute atomic E-state index is 4.66. The summed E-state index contributed by atoms with van der Waals surface area (Å²) in [5, 5.41) is 0. The van der Waals surface area contributed by atoms with E-state index in [1.807, 2.05) is 48.8 Å². The molecular weight excluding hydrogens is 294 g/mol. The van der Waals surface area contributed by atoms with Crippen molar-refractivity contribution in [3.05, 3.63) is 96.7 Å². The summed E-state index contributed by atoms with van der Waals surface area (Å²) < 4.78 is 0. The van der Waals surface area contributed by atoms with Crippen molar-refractivity contribution in [3.63, 3.8) is 0 Å². The van der Waals surface area contributed by atoms with Crippen LogP contribution in [0, 0.1) is 0 Å². The number of pyridine rings is 1. The molecule has 3 nitrogen and oxygen atoms in total. The Kier molecular flexibility index (Phi) is 3.90. The van der Waals surface area contributed by atoms with Crippen molar-refractivity contribution in [1.82, 2.24) is 15.0 Å². The lowest BCUT2D eigenvalue weighted by molar-refractivity contribution is 0.978. The van der Waals surface area contributed by atoms with Gasteiger partial charge in [0.05, 0.1) is 5.69 Å². The normalized spacial score (nSPS) is 10.7. The molecule has 2 heterocycles. The van der Waals surface area contributed by atoms with E-state index in [0.29, 0.717) is 6.42 Å². The summed E-state index contributed by atoms with van der Waals surface area (Å²) in [5.74, 6) is 0.925. The Labute approximate surface area is 141 Å². The van der Waals surface area contributed by atoms with Gasteiger partial charge in [0.2, 0.25) is 0 Å². The molecule has 24 heavy (non-hydrogen) atoms. The van der Waals surface area contributed by atoms with Crippen LogP contribution in [0.15, 0.2) is 85.2 Å². The molecule has 0 amide bonds. The minimum atomic E-state index is 0.696. The van der Waals surface area contributed by atoms with Gasteiger partial charge in [0.25, 0.3) is 0 Å². The number of aromatic nitrogens is 3. The van der Waals surface area contributed by atoms with Crippen LogP contribution in [0.1, 0.15) is 11.5 Å². The molecule has 0 saturated carbocycles. The molecule has 0 bridgehead atoms. The summed E-state index contributed by atoms with van der Waals surface area (Å²) in [6, 6.07) is 24.6. The Morgan fingerprint density at radius 2 is 1.42 bits per heavy atom. The highest BCUT2D eigenvalue weighted by atomic mass is 14.9. The number of aromatic amines is 1. The van der Waals surface area contributed by atoms with Crippen molar-refractivity contribution >= 4 is 0 Å². The molecule has 1 N–H and O–H groups in total. The van der Waals surface area contributed by atoms with Crippen LogP contribution >= 0.6 is 0 Å².